The van der Waals surface area contributed by atoms with Crippen LogP contribution in [-0.4, -0.2) is 30.6 Å². The summed E-state index contributed by atoms with van der Waals surface area (Å²) < 4.78 is 1.13. The maximum atomic E-state index is 4.34. The Labute approximate surface area is 140 Å². The van der Waals surface area contributed by atoms with Crippen molar-refractivity contribution in [2.24, 2.45) is 4.99 Å². The summed E-state index contributed by atoms with van der Waals surface area (Å²) >= 11 is 5.48. The summed E-state index contributed by atoms with van der Waals surface area (Å²) in [5, 5.41) is 7.77. The molecule has 2 N–H and O–H groups in total. The van der Waals surface area contributed by atoms with Crippen LogP contribution in [0.1, 0.15) is 30.4 Å². The van der Waals surface area contributed by atoms with Gasteiger partial charge < -0.3 is 10.6 Å². The summed E-state index contributed by atoms with van der Waals surface area (Å²) in [6, 6.07) is 6.94. The maximum absolute atomic E-state index is 4.34. The Kier molecular flexibility index (Phi) is 6.42. The van der Waals surface area contributed by atoms with Crippen molar-refractivity contribution in [3.05, 3.63) is 33.8 Å². The van der Waals surface area contributed by atoms with E-state index in [-0.39, 0.29) is 0 Å². The number of halogens is 1. The zero-order chi connectivity index (χ0) is 15.2. The van der Waals surface area contributed by atoms with Gasteiger partial charge in [0.15, 0.2) is 5.96 Å². The maximum Gasteiger partial charge on any atom is 0.191 e. The molecule has 1 saturated carbocycles. The summed E-state index contributed by atoms with van der Waals surface area (Å²) in [6.07, 6.45) is 5.99. The van der Waals surface area contributed by atoms with Crippen molar-refractivity contribution in [1.29, 1.82) is 0 Å². The molecule has 0 aliphatic heterocycles. The SMILES string of the molecule is CN=C(NCc1ccc(Br)cc1C)NC1CCC(SC)C1. The molecule has 3 nitrogen and oxygen atoms in total. The molecule has 0 bridgehead atoms. The normalized spacial score (nSPS) is 22.4. The van der Waals surface area contributed by atoms with Crippen molar-refractivity contribution in [2.45, 2.75) is 44.0 Å². The molecule has 0 spiro atoms. The van der Waals surface area contributed by atoms with Gasteiger partial charge in [0.2, 0.25) is 0 Å². The van der Waals surface area contributed by atoms with Crippen molar-refractivity contribution in [3.8, 4) is 0 Å². The topological polar surface area (TPSA) is 36.4 Å². The number of rotatable bonds is 4. The van der Waals surface area contributed by atoms with Gasteiger partial charge in [-0.25, -0.2) is 0 Å². The minimum atomic E-state index is 0.555. The van der Waals surface area contributed by atoms with E-state index >= 15 is 0 Å². The standard InChI is InChI=1S/C16H24BrN3S/c1-11-8-13(17)5-4-12(11)10-19-16(18-2)20-14-6-7-15(9-14)21-3/h4-5,8,14-15H,6-7,9-10H2,1-3H3,(H2,18,19,20). The van der Waals surface area contributed by atoms with Gasteiger partial charge in [-0.05, 0) is 55.7 Å². The van der Waals surface area contributed by atoms with E-state index in [1.807, 2.05) is 18.8 Å². The van der Waals surface area contributed by atoms with Crippen LogP contribution in [0.25, 0.3) is 0 Å². The van der Waals surface area contributed by atoms with Crippen LogP contribution in [0.5, 0.6) is 0 Å². The molecule has 0 heterocycles. The van der Waals surface area contributed by atoms with Gasteiger partial charge in [0.1, 0.15) is 0 Å². The zero-order valence-corrected chi connectivity index (χ0v) is 15.4. The third kappa shape index (κ3) is 4.92. The quantitative estimate of drug-likeness (QED) is 0.627. The largest absolute Gasteiger partial charge is 0.354 e. The number of aryl methyl sites for hydroxylation is 1. The molecule has 0 aromatic heterocycles. The molecule has 116 valence electrons. The van der Waals surface area contributed by atoms with Gasteiger partial charge in [0, 0.05) is 29.4 Å². The molecule has 0 saturated heterocycles. The molecular formula is C16H24BrN3S. The molecule has 1 fully saturated rings. The fourth-order valence-corrected chi connectivity index (χ4v) is 3.98. The number of guanidine groups is 1. The Morgan fingerprint density at radius 1 is 1.43 bits per heavy atom. The molecule has 1 aliphatic carbocycles. The third-order valence-corrected chi connectivity index (χ3v) is 5.62. The van der Waals surface area contributed by atoms with Crippen molar-refractivity contribution in [1.82, 2.24) is 10.6 Å². The molecule has 0 amide bonds. The highest BCUT2D eigenvalue weighted by molar-refractivity contribution is 9.10. The summed E-state index contributed by atoms with van der Waals surface area (Å²) in [5.74, 6) is 0.907. The average molecular weight is 370 g/mol. The Hall–Kier alpha value is -0.680. The van der Waals surface area contributed by atoms with Gasteiger partial charge in [-0.3, -0.25) is 4.99 Å². The molecule has 2 unspecified atom stereocenters. The molecular weight excluding hydrogens is 346 g/mol. The number of thioether (sulfide) groups is 1. The Balaban J connectivity index is 1.86. The van der Waals surface area contributed by atoms with Crippen molar-refractivity contribution < 1.29 is 0 Å². The van der Waals surface area contributed by atoms with Crippen LogP contribution < -0.4 is 10.6 Å². The fourth-order valence-electron chi connectivity index (χ4n) is 2.71. The van der Waals surface area contributed by atoms with Gasteiger partial charge in [-0.1, -0.05) is 22.0 Å². The molecule has 21 heavy (non-hydrogen) atoms. The number of aliphatic imine (C=N–C) groups is 1. The first-order valence-corrected chi connectivity index (χ1v) is 9.45. The zero-order valence-electron chi connectivity index (χ0n) is 12.9. The van der Waals surface area contributed by atoms with E-state index in [1.165, 1.54) is 30.4 Å². The molecule has 0 radical (unpaired) electrons. The molecule has 2 rings (SSSR count). The summed E-state index contributed by atoms with van der Waals surface area (Å²) in [4.78, 5) is 4.34. The van der Waals surface area contributed by atoms with E-state index in [2.05, 4.69) is 62.9 Å². The van der Waals surface area contributed by atoms with Crippen LogP contribution in [0.3, 0.4) is 0 Å². The van der Waals surface area contributed by atoms with Crippen molar-refractivity contribution in [3.63, 3.8) is 0 Å². The molecule has 5 heteroatoms. The lowest BCUT2D eigenvalue weighted by atomic mass is 10.1. The average Bonchev–Trinajstić information content (AvgIpc) is 2.92. The number of hydrogen-bond acceptors (Lipinski definition) is 2. The fraction of sp³-hybridized carbons (Fsp3) is 0.562. The second-order valence-electron chi connectivity index (χ2n) is 5.51. The second-order valence-corrected chi connectivity index (χ2v) is 7.56. The van der Waals surface area contributed by atoms with E-state index < -0.39 is 0 Å². The minimum Gasteiger partial charge on any atom is -0.354 e. The molecule has 1 aromatic rings. The minimum absolute atomic E-state index is 0.555. The first kappa shape index (κ1) is 16.7. The van der Waals surface area contributed by atoms with Gasteiger partial charge in [-0.15, -0.1) is 0 Å². The lowest BCUT2D eigenvalue weighted by molar-refractivity contribution is 0.614. The summed E-state index contributed by atoms with van der Waals surface area (Å²) in [7, 11) is 1.84. The van der Waals surface area contributed by atoms with E-state index in [1.54, 1.807) is 0 Å². The van der Waals surface area contributed by atoms with E-state index in [0.29, 0.717) is 6.04 Å². The van der Waals surface area contributed by atoms with Crippen LogP contribution in [0.2, 0.25) is 0 Å². The van der Waals surface area contributed by atoms with Crippen molar-refractivity contribution >= 4 is 33.7 Å². The monoisotopic (exact) mass is 369 g/mol. The second kappa shape index (κ2) is 8.08. The number of benzene rings is 1. The smallest absolute Gasteiger partial charge is 0.191 e. The van der Waals surface area contributed by atoms with Gasteiger partial charge >= 0.3 is 0 Å². The highest BCUT2D eigenvalue weighted by Gasteiger charge is 2.24. The van der Waals surface area contributed by atoms with Crippen molar-refractivity contribution in [2.75, 3.05) is 13.3 Å². The van der Waals surface area contributed by atoms with E-state index in [0.717, 1.165) is 22.2 Å². The third-order valence-electron chi connectivity index (χ3n) is 4.03. The first-order valence-electron chi connectivity index (χ1n) is 7.37. The van der Waals surface area contributed by atoms with Crippen LogP contribution >= 0.6 is 27.7 Å². The first-order chi connectivity index (χ1) is 10.1. The predicted octanol–water partition coefficient (Wildman–Crippen LogP) is 3.71. The Morgan fingerprint density at radius 2 is 2.24 bits per heavy atom. The Morgan fingerprint density at radius 3 is 2.86 bits per heavy atom. The van der Waals surface area contributed by atoms with Gasteiger partial charge in [0.25, 0.3) is 0 Å². The van der Waals surface area contributed by atoms with Crippen LogP contribution in [-0.2, 0) is 6.54 Å². The number of nitrogens with zero attached hydrogens (tertiary/aromatic N) is 1. The summed E-state index contributed by atoms with van der Waals surface area (Å²) in [5.41, 5.74) is 2.59. The molecule has 1 aliphatic rings. The van der Waals surface area contributed by atoms with Crippen LogP contribution in [0.15, 0.2) is 27.7 Å². The highest BCUT2D eigenvalue weighted by Crippen LogP contribution is 2.28. The predicted molar refractivity (Wildman–Crippen MR) is 97.2 cm³/mol. The molecule has 2 atom stereocenters. The van der Waals surface area contributed by atoms with E-state index in [9.17, 15) is 0 Å². The highest BCUT2D eigenvalue weighted by atomic mass is 79.9. The van der Waals surface area contributed by atoms with Gasteiger partial charge in [-0.2, -0.15) is 11.8 Å². The lowest BCUT2D eigenvalue weighted by Crippen LogP contribution is -2.42. The lowest BCUT2D eigenvalue weighted by Gasteiger charge is -2.18. The Bertz CT molecular complexity index is 504. The van der Waals surface area contributed by atoms with Crippen LogP contribution in [0.4, 0.5) is 0 Å². The molecule has 1 aromatic carbocycles. The van der Waals surface area contributed by atoms with E-state index in [4.69, 9.17) is 0 Å². The number of nitrogens with one attached hydrogen (secondary N) is 2. The summed E-state index contributed by atoms with van der Waals surface area (Å²) in [6.45, 7) is 2.94. The van der Waals surface area contributed by atoms with Gasteiger partial charge in [0.05, 0.1) is 0 Å². The number of hydrogen-bond donors (Lipinski definition) is 2. The van der Waals surface area contributed by atoms with Crippen LogP contribution in [0, 0.1) is 6.92 Å².